The van der Waals surface area contributed by atoms with Gasteiger partial charge in [0.05, 0.1) is 21.4 Å². The molecular weight excluding hydrogens is 487 g/mol. The number of furan rings is 1. The predicted molar refractivity (Wildman–Crippen MR) is 133 cm³/mol. The molecule has 0 saturated carbocycles. The summed E-state index contributed by atoms with van der Waals surface area (Å²) in [6.07, 6.45) is -0.966. The van der Waals surface area contributed by atoms with E-state index in [0.717, 1.165) is 5.56 Å². The van der Waals surface area contributed by atoms with Gasteiger partial charge in [-0.1, -0.05) is 59.6 Å². The number of anilines is 2. The Morgan fingerprint density at radius 1 is 0.714 bits per heavy atom. The molecule has 35 heavy (non-hydrogen) atoms. The van der Waals surface area contributed by atoms with Crippen LogP contribution >= 0.6 is 23.2 Å². The molecule has 3 unspecified atom stereocenters. The maximum atomic E-state index is 13.6. The van der Waals surface area contributed by atoms with E-state index in [0.29, 0.717) is 32.9 Å². The zero-order valence-electron chi connectivity index (χ0n) is 18.2. The molecule has 2 aliphatic rings. The average Bonchev–Trinajstić information content (AvgIpc) is 3.57. The molecule has 8 heteroatoms. The van der Waals surface area contributed by atoms with Crippen LogP contribution < -0.4 is 9.96 Å². The van der Waals surface area contributed by atoms with Gasteiger partial charge >= 0.3 is 0 Å². The monoisotopic (exact) mass is 504 g/mol. The topological polar surface area (TPSA) is 63.0 Å². The third kappa shape index (κ3) is 3.62. The van der Waals surface area contributed by atoms with E-state index in [1.165, 1.54) is 4.90 Å². The second-order valence-electron chi connectivity index (χ2n) is 8.34. The number of hydroxylamine groups is 1. The van der Waals surface area contributed by atoms with Crippen molar-refractivity contribution in [1.29, 1.82) is 0 Å². The van der Waals surface area contributed by atoms with Gasteiger partial charge in [-0.25, -0.2) is 9.96 Å². The second kappa shape index (κ2) is 8.57. The summed E-state index contributed by atoms with van der Waals surface area (Å²) in [6, 6.07) is 26.4. The van der Waals surface area contributed by atoms with Crippen LogP contribution in [0.4, 0.5) is 11.4 Å². The van der Waals surface area contributed by atoms with Crippen molar-refractivity contribution >= 4 is 46.4 Å². The third-order valence-electron chi connectivity index (χ3n) is 6.26. The number of halogens is 2. The van der Waals surface area contributed by atoms with Crippen LogP contribution in [0.1, 0.15) is 11.8 Å². The number of benzene rings is 3. The molecule has 0 radical (unpaired) electrons. The third-order valence-corrected chi connectivity index (χ3v) is 7.00. The summed E-state index contributed by atoms with van der Waals surface area (Å²) in [5.74, 6) is -0.450. The smallest absolute Gasteiger partial charge is 0.266 e. The fourth-order valence-corrected chi connectivity index (χ4v) is 4.95. The zero-order valence-corrected chi connectivity index (χ0v) is 19.7. The Bertz CT molecular complexity index is 1420. The molecule has 3 aromatic carbocycles. The Kier molecular flexibility index (Phi) is 5.37. The molecule has 2 saturated heterocycles. The van der Waals surface area contributed by atoms with Gasteiger partial charge in [-0.15, -0.1) is 0 Å². The van der Waals surface area contributed by atoms with E-state index in [4.69, 9.17) is 32.5 Å². The molecule has 4 aromatic rings. The predicted octanol–water partition coefficient (Wildman–Crippen LogP) is 6.30. The molecule has 174 valence electrons. The number of rotatable bonds is 4. The van der Waals surface area contributed by atoms with Crippen LogP contribution in [0.5, 0.6) is 0 Å². The molecule has 1 aromatic heterocycles. The van der Waals surface area contributed by atoms with Gasteiger partial charge in [-0.2, -0.15) is 0 Å². The fourth-order valence-electron chi connectivity index (χ4n) is 4.65. The number of carbonyl (C=O) groups is 2. The quantitative estimate of drug-likeness (QED) is 0.305. The minimum atomic E-state index is -0.966. The summed E-state index contributed by atoms with van der Waals surface area (Å²) >= 11 is 12.3. The van der Waals surface area contributed by atoms with Crippen LogP contribution in [0.15, 0.2) is 95.4 Å². The molecule has 0 spiro atoms. The number of hydrogen-bond acceptors (Lipinski definition) is 5. The van der Waals surface area contributed by atoms with Gasteiger partial charge in [-0.3, -0.25) is 14.4 Å². The van der Waals surface area contributed by atoms with Gasteiger partial charge in [0, 0.05) is 5.56 Å². The second-order valence-corrected chi connectivity index (χ2v) is 9.15. The lowest BCUT2D eigenvalue weighted by atomic mass is 9.94. The molecule has 0 bridgehead atoms. The van der Waals surface area contributed by atoms with Crippen molar-refractivity contribution in [3.8, 4) is 11.3 Å². The largest absolute Gasteiger partial charge is 0.459 e. The first kappa shape index (κ1) is 21.9. The number of carbonyl (C=O) groups excluding carboxylic acids is 2. The summed E-state index contributed by atoms with van der Waals surface area (Å²) in [5.41, 5.74) is 1.97. The lowest BCUT2D eigenvalue weighted by Gasteiger charge is -2.27. The van der Waals surface area contributed by atoms with Crippen LogP contribution in [-0.4, -0.2) is 17.9 Å². The minimum Gasteiger partial charge on any atom is -0.459 e. The highest BCUT2D eigenvalue weighted by Gasteiger charge is 2.61. The molecule has 2 aliphatic heterocycles. The van der Waals surface area contributed by atoms with Gasteiger partial charge in [0.1, 0.15) is 23.5 Å². The highest BCUT2D eigenvalue weighted by Crippen LogP contribution is 2.48. The van der Waals surface area contributed by atoms with E-state index in [1.807, 2.05) is 42.5 Å². The van der Waals surface area contributed by atoms with Crippen molar-refractivity contribution in [3.05, 3.63) is 107 Å². The van der Waals surface area contributed by atoms with Crippen LogP contribution in [0.2, 0.25) is 10.0 Å². The van der Waals surface area contributed by atoms with Crippen molar-refractivity contribution in [3.63, 3.8) is 0 Å². The van der Waals surface area contributed by atoms with Crippen LogP contribution in [0.25, 0.3) is 11.3 Å². The van der Waals surface area contributed by atoms with Crippen molar-refractivity contribution in [2.75, 3.05) is 9.96 Å². The Hall–Kier alpha value is -3.58. The van der Waals surface area contributed by atoms with Gasteiger partial charge in [-0.05, 0) is 54.6 Å². The maximum absolute atomic E-state index is 13.6. The zero-order chi connectivity index (χ0) is 24.1. The van der Waals surface area contributed by atoms with E-state index in [-0.39, 0.29) is 5.91 Å². The Labute approximate surface area is 211 Å². The summed E-state index contributed by atoms with van der Waals surface area (Å²) in [7, 11) is 0. The molecule has 0 N–H and O–H groups in total. The van der Waals surface area contributed by atoms with E-state index in [2.05, 4.69) is 0 Å². The summed E-state index contributed by atoms with van der Waals surface area (Å²) in [6.45, 7) is 0. The molecule has 3 heterocycles. The van der Waals surface area contributed by atoms with Crippen LogP contribution in [0.3, 0.4) is 0 Å². The Morgan fingerprint density at radius 2 is 1.40 bits per heavy atom. The lowest BCUT2D eigenvalue weighted by Crippen LogP contribution is -2.37. The van der Waals surface area contributed by atoms with Crippen LogP contribution in [-0.2, 0) is 14.4 Å². The number of fused-ring (bicyclic) bond motifs is 1. The van der Waals surface area contributed by atoms with E-state index >= 15 is 0 Å². The molecule has 6 nitrogen and oxygen atoms in total. The van der Waals surface area contributed by atoms with Gasteiger partial charge in [0.25, 0.3) is 5.91 Å². The molecule has 6 rings (SSSR count). The molecule has 3 atom stereocenters. The fraction of sp³-hybridized carbons (Fsp3) is 0.111. The summed E-state index contributed by atoms with van der Waals surface area (Å²) < 4.78 is 6.23. The highest BCUT2D eigenvalue weighted by molar-refractivity contribution is 6.42. The summed E-state index contributed by atoms with van der Waals surface area (Å²) in [4.78, 5) is 34.3. The molecule has 0 aliphatic carbocycles. The number of para-hydroxylation sites is 2. The van der Waals surface area contributed by atoms with E-state index in [9.17, 15) is 9.59 Å². The van der Waals surface area contributed by atoms with E-state index in [1.54, 1.807) is 53.6 Å². The van der Waals surface area contributed by atoms with Gasteiger partial charge in [0.2, 0.25) is 5.91 Å². The maximum Gasteiger partial charge on any atom is 0.266 e. The van der Waals surface area contributed by atoms with Crippen LogP contribution in [0, 0.1) is 5.92 Å². The van der Waals surface area contributed by atoms with Gasteiger partial charge in [0.15, 0.2) is 6.10 Å². The normalized spacial score (nSPS) is 21.6. The SMILES string of the molecule is O=C1C2ON(c3ccccc3)C(c3ccc(-c4ccc(Cl)c(Cl)c4)o3)C2C(=O)N1c1ccccc1. The molecule has 2 fully saturated rings. The standard InChI is InChI=1S/C27H18Cl2N2O4/c28-19-12-11-16(15-20(19)29)21-13-14-22(34-21)24-23-25(35-31(24)18-9-5-2-6-10-18)27(33)30(26(23)32)17-7-3-1-4-8-17/h1-15,23-25H. The van der Waals surface area contributed by atoms with Crippen molar-refractivity contribution in [2.45, 2.75) is 12.1 Å². The first-order valence-corrected chi connectivity index (χ1v) is 11.8. The summed E-state index contributed by atoms with van der Waals surface area (Å²) in [5, 5.41) is 2.46. The van der Waals surface area contributed by atoms with Crippen molar-refractivity contribution in [1.82, 2.24) is 0 Å². The number of nitrogens with zero attached hydrogens (tertiary/aromatic N) is 2. The van der Waals surface area contributed by atoms with Crippen molar-refractivity contribution < 1.29 is 18.8 Å². The highest BCUT2D eigenvalue weighted by atomic mass is 35.5. The Morgan fingerprint density at radius 3 is 2.09 bits per heavy atom. The first-order valence-electron chi connectivity index (χ1n) is 11.0. The Balaban J connectivity index is 1.42. The van der Waals surface area contributed by atoms with Gasteiger partial charge < -0.3 is 4.42 Å². The van der Waals surface area contributed by atoms with E-state index < -0.39 is 24.0 Å². The number of hydrogen-bond donors (Lipinski definition) is 0. The number of imide groups is 1. The lowest BCUT2D eigenvalue weighted by molar-refractivity contribution is -0.126. The average molecular weight is 505 g/mol. The first-order chi connectivity index (χ1) is 17.0. The molecular formula is C27H18Cl2N2O4. The number of amides is 2. The van der Waals surface area contributed by atoms with Crippen molar-refractivity contribution in [2.24, 2.45) is 5.92 Å². The molecule has 2 amide bonds. The minimum absolute atomic E-state index is 0.331.